The van der Waals surface area contributed by atoms with Crippen LogP contribution in [-0.2, 0) is 9.59 Å². The normalized spacial score (nSPS) is 25.4. The van der Waals surface area contributed by atoms with Crippen molar-refractivity contribution in [3.8, 4) is 0 Å². The lowest BCUT2D eigenvalue weighted by Crippen LogP contribution is -2.74. The number of carboxylic acids is 1. The lowest BCUT2D eigenvalue weighted by Gasteiger charge is -2.53. The first-order valence-corrected chi connectivity index (χ1v) is 12.8. The van der Waals surface area contributed by atoms with E-state index in [0.29, 0.717) is 15.8 Å². The summed E-state index contributed by atoms with van der Waals surface area (Å²) in [5.41, 5.74) is -0.110. The van der Waals surface area contributed by atoms with Crippen LogP contribution in [0.25, 0.3) is 0 Å². The summed E-state index contributed by atoms with van der Waals surface area (Å²) in [6.45, 7) is 3.83. The molecule has 3 N–H and O–H groups in total. The van der Waals surface area contributed by atoms with E-state index in [1.54, 1.807) is 4.90 Å². The third-order valence-electron chi connectivity index (χ3n) is 5.51. The van der Waals surface area contributed by atoms with Crippen LogP contribution in [0.4, 0.5) is 4.79 Å². The van der Waals surface area contributed by atoms with Gasteiger partial charge >= 0.3 is 12.0 Å². The number of aryl methyl sites for hydroxylation is 1. The first-order chi connectivity index (χ1) is 15.3. The molecule has 0 saturated carbocycles. The van der Waals surface area contributed by atoms with Gasteiger partial charge in [0.05, 0.1) is 6.04 Å². The van der Waals surface area contributed by atoms with Gasteiger partial charge in [0.15, 0.2) is 4.34 Å². The Morgan fingerprint density at radius 3 is 2.75 bits per heavy atom. The topological polar surface area (TPSA) is 125 Å². The van der Waals surface area contributed by atoms with Gasteiger partial charge in [0.1, 0.15) is 21.8 Å². The largest absolute Gasteiger partial charge is 0.481 e. The molecule has 2 aliphatic heterocycles. The zero-order valence-electron chi connectivity index (χ0n) is 17.5. The Morgan fingerprint density at radius 1 is 1.34 bits per heavy atom. The Hall–Kier alpha value is -2.31. The molecule has 4 rings (SSSR count). The first-order valence-electron chi connectivity index (χ1n) is 9.99. The molecule has 12 heteroatoms. The van der Waals surface area contributed by atoms with E-state index in [-0.39, 0.29) is 23.9 Å². The summed E-state index contributed by atoms with van der Waals surface area (Å²) in [4.78, 5) is 38.8. The predicted octanol–water partition coefficient (Wildman–Crippen LogP) is 2.35. The van der Waals surface area contributed by atoms with Crippen molar-refractivity contribution in [1.29, 1.82) is 0 Å². The number of nitrogens with zero attached hydrogens (tertiary/aromatic N) is 3. The van der Waals surface area contributed by atoms with Crippen molar-refractivity contribution in [2.45, 2.75) is 35.6 Å². The fourth-order valence-electron chi connectivity index (χ4n) is 3.65. The summed E-state index contributed by atoms with van der Waals surface area (Å²) in [5.74, 6) is -0.544. The molecule has 0 bridgehead atoms. The molecule has 4 atom stereocenters. The SMILES string of the molecule is Cc1nnc(SCC2(C(=O)O)CS[C@@H]3C(NC(=O)NC(C)c4ccccc4)C(=O)N3C2)s1. The molecular formula is C20H23N5O4S3. The highest BCUT2D eigenvalue weighted by Gasteiger charge is 2.57. The first kappa shape index (κ1) is 22.9. The van der Waals surface area contributed by atoms with Crippen LogP contribution in [-0.4, -0.2) is 67.6 Å². The second-order valence-corrected chi connectivity index (χ2v) is 11.4. The second kappa shape index (κ2) is 9.28. The Kier molecular flexibility index (Phi) is 6.63. The number of β-lactam (4-membered cyclic amide) rings is 1. The number of amides is 3. The van der Waals surface area contributed by atoms with Crippen molar-refractivity contribution < 1.29 is 19.5 Å². The van der Waals surface area contributed by atoms with E-state index >= 15 is 0 Å². The number of fused-ring (bicyclic) bond motifs is 1. The van der Waals surface area contributed by atoms with Crippen molar-refractivity contribution in [3.63, 3.8) is 0 Å². The third kappa shape index (κ3) is 4.57. The van der Waals surface area contributed by atoms with Gasteiger partial charge in [-0.1, -0.05) is 53.4 Å². The average Bonchev–Trinajstić information content (AvgIpc) is 3.21. The number of carbonyl (C=O) groups is 3. The van der Waals surface area contributed by atoms with Crippen LogP contribution in [0.3, 0.4) is 0 Å². The Bertz CT molecular complexity index is 1020. The smallest absolute Gasteiger partial charge is 0.316 e. The van der Waals surface area contributed by atoms with Gasteiger partial charge in [0, 0.05) is 18.1 Å². The maximum Gasteiger partial charge on any atom is 0.316 e. The predicted molar refractivity (Wildman–Crippen MR) is 124 cm³/mol. The van der Waals surface area contributed by atoms with Gasteiger partial charge in [-0.25, -0.2) is 4.79 Å². The molecule has 3 unspecified atom stereocenters. The van der Waals surface area contributed by atoms with Crippen molar-refractivity contribution in [2.24, 2.45) is 5.41 Å². The van der Waals surface area contributed by atoms with Crippen molar-refractivity contribution >= 4 is 52.8 Å². The lowest BCUT2D eigenvalue weighted by atomic mass is 9.89. The summed E-state index contributed by atoms with van der Waals surface area (Å²) in [6, 6.07) is 8.26. The van der Waals surface area contributed by atoms with Crippen LogP contribution >= 0.6 is 34.9 Å². The Labute approximate surface area is 197 Å². The van der Waals surface area contributed by atoms with Gasteiger partial charge in [-0.05, 0) is 19.4 Å². The second-order valence-electron chi connectivity index (χ2n) is 7.86. The lowest BCUT2D eigenvalue weighted by molar-refractivity contribution is -0.156. The number of carbonyl (C=O) groups excluding carboxylic acids is 2. The molecular weight excluding hydrogens is 470 g/mol. The summed E-state index contributed by atoms with van der Waals surface area (Å²) < 4.78 is 0.717. The number of carboxylic acid groups (broad SMARTS) is 1. The molecule has 3 heterocycles. The highest BCUT2D eigenvalue weighted by molar-refractivity contribution is 8.01. The molecule has 170 valence electrons. The summed E-state index contributed by atoms with van der Waals surface area (Å²) >= 11 is 4.17. The van der Waals surface area contributed by atoms with Crippen LogP contribution in [0.2, 0.25) is 0 Å². The van der Waals surface area contributed by atoms with Crippen molar-refractivity contribution in [1.82, 2.24) is 25.7 Å². The highest BCUT2D eigenvalue weighted by atomic mass is 32.2. The molecule has 2 aliphatic rings. The molecule has 0 radical (unpaired) electrons. The zero-order valence-corrected chi connectivity index (χ0v) is 19.9. The minimum absolute atomic E-state index is 0.115. The Morgan fingerprint density at radius 2 is 2.09 bits per heavy atom. The number of urea groups is 1. The van der Waals surface area contributed by atoms with E-state index < -0.39 is 23.5 Å². The van der Waals surface area contributed by atoms with Gasteiger partial charge < -0.3 is 20.6 Å². The number of hydrogen-bond donors (Lipinski definition) is 3. The fourth-order valence-corrected chi connectivity index (χ4v) is 7.32. The number of thioether (sulfide) groups is 2. The maximum atomic E-state index is 12.7. The van der Waals surface area contributed by atoms with E-state index in [4.69, 9.17) is 0 Å². The standard InChI is InChI=1S/C20H23N5O4S3/c1-11(13-6-4-3-5-7-13)21-18(29)22-14-15(26)25-8-20(17(27)28,9-30-16(14)25)10-31-19-24-23-12(2)32-19/h3-7,11,14,16H,8-10H2,1-2H3,(H,27,28)(H2,21,22,29)/t11?,14?,16-,20?/m1/s1. The van der Waals surface area contributed by atoms with Crippen LogP contribution in [0.5, 0.6) is 0 Å². The maximum absolute atomic E-state index is 12.7. The summed E-state index contributed by atoms with van der Waals surface area (Å²) in [6.07, 6.45) is 0. The number of hydrogen-bond acceptors (Lipinski definition) is 8. The van der Waals surface area contributed by atoms with Crippen LogP contribution in [0.15, 0.2) is 34.7 Å². The van der Waals surface area contributed by atoms with E-state index in [0.717, 1.165) is 10.6 Å². The molecule has 32 heavy (non-hydrogen) atoms. The minimum atomic E-state index is -1.07. The minimum Gasteiger partial charge on any atom is -0.481 e. The summed E-state index contributed by atoms with van der Waals surface area (Å²) in [7, 11) is 0. The molecule has 3 amide bonds. The quantitative estimate of drug-likeness (QED) is 0.397. The van der Waals surface area contributed by atoms with Crippen LogP contribution in [0, 0.1) is 12.3 Å². The number of nitrogens with one attached hydrogen (secondary N) is 2. The molecule has 9 nitrogen and oxygen atoms in total. The fraction of sp³-hybridized carbons (Fsp3) is 0.450. The van der Waals surface area contributed by atoms with Gasteiger partial charge in [-0.2, -0.15) is 0 Å². The van der Waals surface area contributed by atoms with Gasteiger partial charge in [-0.3, -0.25) is 9.59 Å². The van der Waals surface area contributed by atoms with Crippen molar-refractivity contribution in [2.75, 3.05) is 18.1 Å². The van der Waals surface area contributed by atoms with E-state index in [2.05, 4.69) is 20.8 Å². The zero-order chi connectivity index (χ0) is 22.9. The van der Waals surface area contributed by atoms with Crippen LogP contribution < -0.4 is 10.6 Å². The van der Waals surface area contributed by atoms with E-state index in [9.17, 15) is 19.5 Å². The Balaban J connectivity index is 1.34. The van der Waals surface area contributed by atoms with E-state index in [1.165, 1.54) is 34.9 Å². The number of aromatic nitrogens is 2. The number of rotatable bonds is 7. The van der Waals surface area contributed by atoms with Gasteiger partial charge in [0.25, 0.3) is 0 Å². The monoisotopic (exact) mass is 493 g/mol. The van der Waals surface area contributed by atoms with E-state index in [1.807, 2.05) is 44.2 Å². The third-order valence-corrected chi connectivity index (χ3v) is 9.36. The molecule has 1 aromatic heterocycles. The van der Waals surface area contributed by atoms with Crippen LogP contribution in [0.1, 0.15) is 23.5 Å². The molecule has 0 aliphatic carbocycles. The highest BCUT2D eigenvalue weighted by Crippen LogP contribution is 2.44. The molecule has 0 spiro atoms. The van der Waals surface area contributed by atoms with Gasteiger partial charge in [0.2, 0.25) is 5.91 Å². The molecule has 2 fully saturated rings. The average molecular weight is 494 g/mol. The van der Waals surface area contributed by atoms with Crippen molar-refractivity contribution in [3.05, 3.63) is 40.9 Å². The number of benzene rings is 1. The molecule has 2 aromatic rings. The molecule has 1 aromatic carbocycles. The summed E-state index contributed by atoms with van der Waals surface area (Å²) in [5, 5.41) is 24.1. The molecule has 2 saturated heterocycles. The number of aliphatic carboxylic acids is 1. The van der Waals surface area contributed by atoms with Gasteiger partial charge in [-0.15, -0.1) is 22.0 Å².